The molecule has 0 saturated carbocycles. The van der Waals surface area contributed by atoms with Gasteiger partial charge >= 0.3 is 0 Å². The van der Waals surface area contributed by atoms with Gasteiger partial charge in [-0.05, 0) is 67.2 Å². The highest BCUT2D eigenvalue weighted by atomic mass is 32.1. The highest BCUT2D eigenvalue weighted by Gasteiger charge is 2.25. The molecule has 0 spiro atoms. The van der Waals surface area contributed by atoms with E-state index >= 15 is 0 Å². The topological polar surface area (TPSA) is 17.3 Å². The first-order chi connectivity index (χ1) is 8.18. The van der Waals surface area contributed by atoms with Crippen molar-refractivity contribution < 1.29 is 0 Å². The van der Waals surface area contributed by atoms with Crippen molar-refractivity contribution in [1.29, 1.82) is 0 Å². The van der Waals surface area contributed by atoms with Gasteiger partial charge in [0.2, 0.25) is 0 Å². The predicted molar refractivity (Wildman–Crippen MR) is 79.3 cm³/mol. The van der Waals surface area contributed by atoms with Crippen molar-refractivity contribution in [1.82, 2.24) is 4.57 Å². The van der Waals surface area contributed by atoms with Gasteiger partial charge in [-0.1, -0.05) is 0 Å². The molecule has 2 nitrogen and oxygen atoms in total. The van der Waals surface area contributed by atoms with Crippen LogP contribution < -0.4 is 4.80 Å². The molecule has 0 aliphatic heterocycles. The van der Waals surface area contributed by atoms with Crippen molar-refractivity contribution in [2.45, 2.75) is 78.3 Å². The minimum atomic E-state index is 0.000444. The minimum Gasteiger partial charge on any atom is -0.316 e. The van der Waals surface area contributed by atoms with Gasteiger partial charge in [0, 0.05) is 16.1 Å². The fourth-order valence-electron chi connectivity index (χ4n) is 2.53. The van der Waals surface area contributed by atoms with Crippen LogP contribution in [-0.4, -0.2) is 10.1 Å². The van der Waals surface area contributed by atoms with Gasteiger partial charge in [-0.25, -0.2) is 0 Å². The molecule has 1 aromatic rings. The van der Waals surface area contributed by atoms with Crippen LogP contribution in [0.25, 0.3) is 0 Å². The first-order valence-electron chi connectivity index (χ1n) is 6.98. The zero-order valence-corrected chi connectivity index (χ0v) is 13.4. The third-order valence-corrected chi connectivity index (χ3v) is 4.31. The molecule has 1 heterocycles. The summed E-state index contributed by atoms with van der Waals surface area (Å²) in [5.74, 6) is 0. The Morgan fingerprint density at radius 2 is 1.61 bits per heavy atom. The molecular formula is C15H26N2S. The van der Waals surface area contributed by atoms with E-state index in [1.165, 1.54) is 30.5 Å². The summed E-state index contributed by atoms with van der Waals surface area (Å²) in [5.41, 5.74) is 1.67. The fourth-order valence-corrected chi connectivity index (χ4v) is 4.10. The lowest BCUT2D eigenvalue weighted by Gasteiger charge is -2.26. The van der Waals surface area contributed by atoms with Crippen LogP contribution in [0.5, 0.6) is 0 Å². The molecule has 0 fully saturated rings. The molecule has 1 aliphatic rings. The Bertz CT molecular complexity index is 492. The van der Waals surface area contributed by atoms with Crippen LogP contribution in [0.1, 0.15) is 65.0 Å². The Morgan fingerprint density at radius 3 is 2.17 bits per heavy atom. The van der Waals surface area contributed by atoms with E-state index in [2.05, 4.69) is 46.1 Å². The largest absolute Gasteiger partial charge is 0.316 e. The van der Waals surface area contributed by atoms with Crippen molar-refractivity contribution in [3.8, 4) is 0 Å². The van der Waals surface area contributed by atoms with E-state index in [1.807, 2.05) is 11.3 Å². The fraction of sp³-hybridized carbons (Fsp3) is 0.800. The van der Waals surface area contributed by atoms with Gasteiger partial charge in [0.05, 0.1) is 5.54 Å². The second-order valence-electron chi connectivity index (χ2n) is 7.25. The number of rotatable bonds is 0. The molecule has 3 heteroatoms. The summed E-state index contributed by atoms with van der Waals surface area (Å²) in [6.45, 7) is 13.4. The first kappa shape index (κ1) is 13.9. The maximum Gasteiger partial charge on any atom is 0.186 e. The molecule has 0 unspecified atom stereocenters. The van der Waals surface area contributed by atoms with Gasteiger partial charge < -0.3 is 4.57 Å². The van der Waals surface area contributed by atoms with E-state index in [4.69, 9.17) is 4.99 Å². The Balaban J connectivity index is 2.67. The molecule has 0 amide bonds. The van der Waals surface area contributed by atoms with Crippen LogP contribution in [0.3, 0.4) is 0 Å². The SMILES string of the molecule is CC(C)(C)N=c1sc2c(n1C(C)(C)C)CCCC2. The van der Waals surface area contributed by atoms with Crippen molar-refractivity contribution in [3.63, 3.8) is 0 Å². The number of hydrogen-bond donors (Lipinski definition) is 0. The standard InChI is InChI=1S/C15H26N2S/c1-14(2,3)16-13-17(15(4,5)6)11-9-7-8-10-12(11)18-13/h7-10H2,1-6H3. The summed E-state index contributed by atoms with van der Waals surface area (Å²) < 4.78 is 2.48. The molecular weight excluding hydrogens is 240 g/mol. The van der Waals surface area contributed by atoms with Gasteiger partial charge in [-0.3, -0.25) is 4.99 Å². The summed E-state index contributed by atoms with van der Waals surface area (Å²) in [4.78, 5) is 7.72. The molecule has 102 valence electrons. The Morgan fingerprint density at radius 1 is 1.00 bits per heavy atom. The molecule has 0 atom stereocenters. The Kier molecular flexibility index (Phi) is 3.48. The smallest absolute Gasteiger partial charge is 0.186 e. The van der Waals surface area contributed by atoms with Gasteiger partial charge in [0.1, 0.15) is 0 Å². The van der Waals surface area contributed by atoms with E-state index in [0.29, 0.717) is 0 Å². The van der Waals surface area contributed by atoms with E-state index in [9.17, 15) is 0 Å². The monoisotopic (exact) mass is 266 g/mol. The lowest BCUT2D eigenvalue weighted by molar-refractivity contribution is 0.363. The summed E-state index contributed by atoms with van der Waals surface area (Å²) in [7, 11) is 0. The van der Waals surface area contributed by atoms with E-state index in [-0.39, 0.29) is 11.1 Å². The summed E-state index contributed by atoms with van der Waals surface area (Å²) in [6, 6.07) is 0. The van der Waals surface area contributed by atoms with Crippen molar-refractivity contribution >= 4 is 11.3 Å². The minimum absolute atomic E-state index is 0.000444. The molecule has 0 bridgehead atoms. The molecule has 1 aliphatic carbocycles. The second kappa shape index (κ2) is 4.52. The van der Waals surface area contributed by atoms with Crippen molar-refractivity contribution in [2.24, 2.45) is 4.99 Å². The quantitative estimate of drug-likeness (QED) is 0.678. The first-order valence-corrected chi connectivity index (χ1v) is 7.80. The highest BCUT2D eigenvalue weighted by Crippen LogP contribution is 2.28. The van der Waals surface area contributed by atoms with Crippen LogP contribution in [-0.2, 0) is 18.4 Å². The van der Waals surface area contributed by atoms with Gasteiger partial charge in [0.15, 0.2) is 4.80 Å². The lowest BCUT2D eigenvalue weighted by atomic mass is 10.00. The number of aryl methyl sites for hydroxylation is 1. The molecule has 0 saturated heterocycles. The van der Waals surface area contributed by atoms with Gasteiger partial charge in [-0.15, -0.1) is 11.3 Å². The summed E-state index contributed by atoms with van der Waals surface area (Å²) >= 11 is 1.91. The molecule has 0 N–H and O–H groups in total. The zero-order valence-electron chi connectivity index (χ0n) is 12.6. The van der Waals surface area contributed by atoms with Crippen LogP contribution in [0.2, 0.25) is 0 Å². The summed E-state index contributed by atoms with van der Waals surface area (Å²) in [6.07, 6.45) is 5.14. The average molecular weight is 266 g/mol. The van der Waals surface area contributed by atoms with E-state index in [0.717, 1.165) is 0 Å². The van der Waals surface area contributed by atoms with Crippen molar-refractivity contribution in [2.75, 3.05) is 0 Å². The highest BCUT2D eigenvalue weighted by molar-refractivity contribution is 7.09. The third-order valence-electron chi connectivity index (χ3n) is 3.17. The van der Waals surface area contributed by atoms with Gasteiger partial charge in [0.25, 0.3) is 0 Å². The molecule has 1 aromatic heterocycles. The normalized spacial score (nSPS) is 18.0. The number of fused-ring (bicyclic) bond motifs is 1. The molecule has 18 heavy (non-hydrogen) atoms. The average Bonchev–Trinajstić information content (AvgIpc) is 2.50. The van der Waals surface area contributed by atoms with Crippen LogP contribution in [0.15, 0.2) is 4.99 Å². The van der Waals surface area contributed by atoms with E-state index in [1.54, 1.807) is 10.6 Å². The number of nitrogens with zero attached hydrogens (tertiary/aromatic N) is 2. The Labute approximate surface area is 115 Å². The van der Waals surface area contributed by atoms with E-state index < -0.39 is 0 Å². The number of thiazole rings is 1. The zero-order chi connectivity index (χ0) is 13.6. The maximum atomic E-state index is 4.94. The third kappa shape index (κ3) is 2.87. The molecule has 2 rings (SSSR count). The van der Waals surface area contributed by atoms with Crippen LogP contribution >= 0.6 is 11.3 Å². The predicted octanol–water partition coefficient (Wildman–Crippen LogP) is 3.88. The molecule has 0 aromatic carbocycles. The van der Waals surface area contributed by atoms with Gasteiger partial charge in [-0.2, -0.15) is 0 Å². The number of aromatic nitrogens is 1. The lowest BCUT2D eigenvalue weighted by Crippen LogP contribution is -2.34. The maximum absolute atomic E-state index is 4.94. The number of hydrogen-bond acceptors (Lipinski definition) is 2. The second-order valence-corrected chi connectivity index (χ2v) is 8.31. The summed E-state index contributed by atoms with van der Waals surface area (Å²) in [5, 5.41) is 0. The van der Waals surface area contributed by atoms with Crippen LogP contribution in [0.4, 0.5) is 0 Å². The van der Waals surface area contributed by atoms with Crippen LogP contribution in [0, 0.1) is 0 Å². The van der Waals surface area contributed by atoms with Crippen molar-refractivity contribution in [3.05, 3.63) is 15.4 Å². The molecule has 0 radical (unpaired) electrons. The Hall–Kier alpha value is -0.570.